The van der Waals surface area contributed by atoms with Gasteiger partial charge < -0.3 is 14.7 Å². The number of nitrogens with zero attached hydrogens (tertiary/aromatic N) is 4. The molecule has 1 aromatic heterocycles. The van der Waals surface area contributed by atoms with Gasteiger partial charge in [-0.25, -0.2) is 4.98 Å². The van der Waals surface area contributed by atoms with E-state index in [0.717, 1.165) is 31.0 Å². The Balaban J connectivity index is 1.35. The second-order valence-electron chi connectivity index (χ2n) is 7.18. The van der Waals surface area contributed by atoms with Crippen molar-refractivity contribution in [2.75, 3.05) is 36.0 Å². The Hall–Kier alpha value is -2.89. The molecule has 0 N–H and O–H groups in total. The van der Waals surface area contributed by atoms with Crippen LogP contribution in [0.1, 0.15) is 18.9 Å². The molecule has 0 bridgehead atoms. The predicted octanol–water partition coefficient (Wildman–Crippen LogP) is 2.10. The molecule has 2 amide bonds. The zero-order valence-corrected chi connectivity index (χ0v) is 15.5. The van der Waals surface area contributed by atoms with E-state index in [0.29, 0.717) is 13.1 Å². The van der Waals surface area contributed by atoms with E-state index in [4.69, 9.17) is 0 Å². The molecule has 6 heteroatoms. The molecule has 1 aromatic carbocycles. The highest BCUT2D eigenvalue weighted by Gasteiger charge is 2.32. The maximum atomic E-state index is 12.8. The van der Waals surface area contributed by atoms with Gasteiger partial charge in [-0.3, -0.25) is 9.59 Å². The van der Waals surface area contributed by atoms with Crippen molar-refractivity contribution in [2.24, 2.45) is 0 Å². The fraction of sp³-hybridized carbons (Fsp3) is 0.381. The number of fused-ring (bicyclic) bond motifs is 1. The first kappa shape index (κ1) is 17.5. The maximum absolute atomic E-state index is 12.8. The van der Waals surface area contributed by atoms with Crippen molar-refractivity contribution in [1.29, 1.82) is 0 Å². The van der Waals surface area contributed by atoms with Crippen LogP contribution in [-0.2, 0) is 16.0 Å². The fourth-order valence-corrected chi connectivity index (χ4v) is 4.00. The lowest BCUT2D eigenvalue weighted by Gasteiger charge is -2.35. The van der Waals surface area contributed by atoms with Crippen molar-refractivity contribution >= 4 is 23.3 Å². The van der Waals surface area contributed by atoms with E-state index in [1.54, 1.807) is 16.0 Å². The second-order valence-corrected chi connectivity index (χ2v) is 7.18. The number of benzene rings is 1. The maximum Gasteiger partial charge on any atom is 0.236 e. The molecule has 0 saturated carbocycles. The molecule has 1 saturated heterocycles. The summed E-state index contributed by atoms with van der Waals surface area (Å²) in [6, 6.07) is 13.9. The van der Waals surface area contributed by atoms with Gasteiger partial charge in [-0.2, -0.15) is 0 Å². The lowest BCUT2D eigenvalue weighted by molar-refractivity contribution is -0.135. The van der Waals surface area contributed by atoms with Crippen LogP contribution >= 0.6 is 0 Å². The van der Waals surface area contributed by atoms with E-state index < -0.39 is 0 Å². The van der Waals surface area contributed by atoms with Crippen molar-refractivity contribution in [3.63, 3.8) is 0 Å². The van der Waals surface area contributed by atoms with Gasteiger partial charge in [-0.05, 0) is 37.1 Å². The Bertz CT molecular complexity index is 831. The number of carbonyl (C=O) groups excluding carboxylic acids is 2. The highest BCUT2D eigenvalue weighted by molar-refractivity contribution is 6.06. The second kappa shape index (κ2) is 7.39. The van der Waals surface area contributed by atoms with Crippen molar-refractivity contribution in [3.8, 4) is 0 Å². The standard InChI is InChI=1S/C21H24N4O2/c1-16-14-17-6-2-3-7-18(17)25(16)21(27)15-20(26)24-12-10-23(11-13-24)19-8-4-5-9-22-19/h2-9,16H,10-15H2,1H3. The Morgan fingerprint density at radius 1 is 1.00 bits per heavy atom. The third-order valence-electron chi connectivity index (χ3n) is 5.38. The molecule has 27 heavy (non-hydrogen) atoms. The summed E-state index contributed by atoms with van der Waals surface area (Å²) >= 11 is 0. The minimum absolute atomic E-state index is 0.0672. The highest BCUT2D eigenvalue weighted by Crippen LogP contribution is 2.32. The summed E-state index contributed by atoms with van der Waals surface area (Å²) in [5.41, 5.74) is 2.12. The molecule has 1 atom stereocenters. The van der Waals surface area contributed by atoms with Crippen LogP contribution in [0.4, 0.5) is 11.5 Å². The summed E-state index contributed by atoms with van der Waals surface area (Å²) in [6.45, 7) is 4.75. The van der Waals surface area contributed by atoms with E-state index in [1.807, 2.05) is 43.3 Å². The van der Waals surface area contributed by atoms with E-state index in [-0.39, 0.29) is 24.3 Å². The molecule has 2 aliphatic rings. The number of carbonyl (C=O) groups is 2. The van der Waals surface area contributed by atoms with Gasteiger partial charge in [0.25, 0.3) is 0 Å². The van der Waals surface area contributed by atoms with Crippen LogP contribution in [0.5, 0.6) is 0 Å². The Labute approximate surface area is 159 Å². The molecule has 140 valence electrons. The van der Waals surface area contributed by atoms with Gasteiger partial charge in [0.05, 0.1) is 0 Å². The van der Waals surface area contributed by atoms with Crippen LogP contribution in [-0.4, -0.2) is 53.9 Å². The van der Waals surface area contributed by atoms with Gasteiger partial charge in [-0.15, -0.1) is 0 Å². The monoisotopic (exact) mass is 364 g/mol. The molecule has 1 fully saturated rings. The summed E-state index contributed by atoms with van der Waals surface area (Å²) in [5.74, 6) is 0.741. The average molecular weight is 364 g/mol. The summed E-state index contributed by atoms with van der Waals surface area (Å²) in [4.78, 5) is 35.6. The summed E-state index contributed by atoms with van der Waals surface area (Å²) in [7, 11) is 0. The normalized spacial score (nSPS) is 19.1. The first-order valence-electron chi connectivity index (χ1n) is 9.47. The van der Waals surface area contributed by atoms with Gasteiger partial charge in [-0.1, -0.05) is 24.3 Å². The topological polar surface area (TPSA) is 56.8 Å². The van der Waals surface area contributed by atoms with Crippen LogP contribution in [0.15, 0.2) is 48.7 Å². The molecule has 2 aromatic rings. The molecule has 2 aliphatic heterocycles. The molecular formula is C21H24N4O2. The predicted molar refractivity (Wildman–Crippen MR) is 105 cm³/mol. The van der Waals surface area contributed by atoms with Crippen LogP contribution in [0.2, 0.25) is 0 Å². The molecule has 1 unspecified atom stereocenters. The van der Waals surface area contributed by atoms with Crippen molar-refractivity contribution < 1.29 is 9.59 Å². The molecular weight excluding hydrogens is 340 g/mol. The fourth-order valence-electron chi connectivity index (χ4n) is 4.00. The number of piperazine rings is 1. The third-order valence-corrected chi connectivity index (χ3v) is 5.38. The minimum Gasteiger partial charge on any atom is -0.353 e. The lowest BCUT2D eigenvalue weighted by atomic mass is 10.1. The van der Waals surface area contributed by atoms with Crippen molar-refractivity contribution in [3.05, 3.63) is 54.2 Å². The zero-order chi connectivity index (χ0) is 18.8. The number of pyridine rings is 1. The SMILES string of the molecule is CC1Cc2ccccc2N1C(=O)CC(=O)N1CCN(c2ccccn2)CC1. The van der Waals surface area contributed by atoms with Crippen LogP contribution in [0, 0.1) is 0 Å². The van der Waals surface area contributed by atoms with E-state index >= 15 is 0 Å². The number of aromatic nitrogens is 1. The quantitative estimate of drug-likeness (QED) is 0.783. The average Bonchev–Trinajstić information content (AvgIpc) is 3.04. The molecule has 0 spiro atoms. The molecule has 0 aliphatic carbocycles. The minimum atomic E-state index is -0.107. The third kappa shape index (κ3) is 3.52. The Kier molecular flexibility index (Phi) is 4.79. The van der Waals surface area contributed by atoms with Crippen LogP contribution < -0.4 is 9.80 Å². The van der Waals surface area contributed by atoms with E-state index in [1.165, 1.54) is 5.56 Å². The van der Waals surface area contributed by atoms with Gasteiger partial charge in [0.2, 0.25) is 11.8 Å². The number of anilines is 2. The molecule has 6 nitrogen and oxygen atoms in total. The van der Waals surface area contributed by atoms with Crippen molar-refractivity contribution in [2.45, 2.75) is 25.8 Å². The first-order valence-corrected chi connectivity index (χ1v) is 9.47. The van der Waals surface area contributed by atoms with E-state index in [2.05, 4.69) is 16.0 Å². The Morgan fingerprint density at radius 2 is 1.74 bits per heavy atom. The van der Waals surface area contributed by atoms with E-state index in [9.17, 15) is 9.59 Å². The number of hydrogen-bond acceptors (Lipinski definition) is 4. The summed E-state index contributed by atoms with van der Waals surface area (Å²) in [6.07, 6.45) is 2.56. The van der Waals surface area contributed by atoms with Gasteiger partial charge in [0, 0.05) is 44.1 Å². The highest BCUT2D eigenvalue weighted by atomic mass is 16.2. The zero-order valence-electron chi connectivity index (χ0n) is 15.5. The van der Waals surface area contributed by atoms with Gasteiger partial charge in [0.15, 0.2) is 0 Å². The number of amides is 2. The smallest absolute Gasteiger partial charge is 0.236 e. The lowest BCUT2D eigenvalue weighted by Crippen LogP contribution is -2.50. The largest absolute Gasteiger partial charge is 0.353 e. The van der Waals surface area contributed by atoms with Crippen LogP contribution in [0.25, 0.3) is 0 Å². The number of hydrogen-bond donors (Lipinski definition) is 0. The molecule has 0 radical (unpaired) electrons. The molecule has 4 rings (SSSR count). The first-order chi connectivity index (χ1) is 13.1. The molecule has 3 heterocycles. The summed E-state index contributed by atoms with van der Waals surface area (Å²) < 4.78 is 0. The number of para-hydroxylation sites is 1. The van der Waals surface area contributed by atoms with Crippen LogP contribution in [0.3, 0.4) is 0 Å². The van der Waals surface area contributed by atoms with Gasteiger partial charge in [0.1, 0.15) is 12.2 Å². The summed E-state index contributed by atoms with van der Waals surface area (Å²) in [5, 5.41) is 0. The Morgan fingerprint density at radius 3 is 2.48 bits per heavy atom. The number of rotatable bonds is 3. The van der Waals surface area contributed by atoms with Crippen molar-refractivity contribution in [1.82, 2.24) is 9.88 Å². The van der Waals surface area contributed by atoms with Gasteiger partial charge >= 0.3 is 0 Å².